The summed E-state index contributed by atoms with van der Waals surface area (Å²) >= 11 is 6.14. The van der Waals surface area contributed by atoms with Crippen molar-refractivity contribution in [3.8, 4) is 5.75 Å². The maximum absolute atomic E-state index is 12.6. The van der Waals surface area contributed by atoms with Gasteiger partial charge in [0, 0.05) is 17.5 Å². The van der Waals surface area contributed by atoms with Crippen LogP contribution >= 0.6 is 11.6 Å². The number of hydrogen-bond donors (Lipinski definition) is 2. The van der Waals surface area contributed by atoms with Crippen molar-refractivity contribution in [2.24, 2.45) is 0 Å². The zero-order chi connectivity index (χ0) is 18.0. The van der Waals surface area contributed by atoms with E-state index in [2.05, 4.69) is 10.0 Å². The molecule has 0 saturated carbocycles. The third-order valence-corrected chi connectivity index (χ3v) is 5.72. The molecular formula is C17H17ClN2O4S. The molecule has 6 nitrogen and oxygen atoms in total. The van der Waals surface area contributed by atoms with Crippen LogP contribution in [0.2, 0.25) is 5.02 Å². The van der Waals surface area contributed by atoms with Crippen LogP contribution in [0.4, 0.5) is 0 Å². The summed E-state index contributed by atoms with van der Waals surface area (Å²) in [5, 5.41) is 3.42. The standard InChI is InChI=1S/C17H17ClN2O4S/c1-19-25(22,23)12-5-2-4-11(10-12)17(21)20-15-8-9-24-16-13(15)6-3-7-14(16)18/h2-7,10,15,19H,8-9H2,1H3,(H,20,21). The van der Waals surface area contributed by atoms with Crippen molar-refractivity contribution in [1.29, 1.82) is 0 Å². The van der Waals surface area contributed by atoms with Crippen LogP contribution in [0.25, 0.3) is 0 Å². The van der Waals surface area contributed by atoms with Crippen molar-refractivity contribution in [1.82, 2.24) is 10.0 Å². The number of carbonyl (C=O) groups excluding carboxylic acids is 1. The van der Waals surface area contributed by atoms with Crippen molar-refractivity contribution in [3.05, 3.63) is 58.6 Å². The Balaban J connectivity index is 1.85. The molecule has 2 N–H and O–H groups in total. The number of carbonyl (C=O) groups is 1. The second-order valence-corrected chi connectivity index (χ2v) is 7.85. The maximum atomic E-state index is 12.6. The van der Waals surface area contributed by atoms with Crippen molar-refractivity contribution < 1.29 is 17.9 Å². The minimum Gasteiger partial charge on any atom is -0.492 e. The minimum atomic E-state index is -3.61. The Hall–Kier alpha value is -2.09. The van der Waals surface area contributed by atoms with E-state index in [-0.39, 0.29) is 22.4 Å². The first-order chi connectivity index (χ1) is 11.9. The largest absolute Gasteiger partial charge is 0.492 e. The second kappa shape index (κ2) is 7.03. The number of nitrogens with one attached hydrogen (secondary N) is 2. The number of benzene rings is 2. The predicted molar refractivity (Wildman–Crippen MR) is 94.5 cm³/mol. The summed E-state index contributed by atoms with van der Waals surface area (Å²) in [5.41, 5.74) is 1.08. The first-order valence-electron chi connectivity index (χ1n) is 7.68. The van der Waals surface area contributed by atoms with Crippen molar-refractivity contribution in [3.63, 3.8) is 0 Å². The molecule has 132 valence electrons. The van der Waals surface area contributed by atoms with Crippen molar-refractivity contribution >= 4 is 27.5 Å². The van der Waals surface area contributed by atoms with E-state index in [0.717, 1.165) is 5.56 Å². The highest BCUT2D eigenvalue weighted by molar-refractivity contribution is 7.89. The molecule has 1 amide bonds. The fourth-order valence-electron chi connectivity index (χ4n) is 2.70. The summed E-state index contributed by atoms with van der Waals surface area (Å²) in [5.74, 6) is 0.221. The van der Waals surface area contributed by atoms with Gasteiger partial charge in [0.1, 0.15) is 5.75 Å². The van der Waals surface area contributed by atoms with E-state index in [1.54, 1.807) is 18.2 Å². The Labute approximate surface area is 151 Å². The fraction of sp³-hybridized carbons (Fsp3) is 0.235. The molecule has 0 fully saturated rings. The lowest BCUT2D eigenvalue weighted by Crippen LogP contribution is -2.32. The normalized spacial score (nSPS) is 16.6. The highest BCUT2D eigenvalue weighted by atomic mass is 35.5. The maximum Gasteiger partial charge on any atom is 0.251 e. The molecule has 2 aromatic rings. The molecule has 8 heteroatoms. The lowest BCUT2D eigenvalue weighted by Gasteiger charge is -2.27. The van der Waals surface area contributed by atoms with Crippen LogP contribution in [0.15, 0.2) is 47.4 Å². The van der Waals surface area contributed by atoms with Gasteiger partial charge in [0.15, 0.2) is 0 Å². The van der Waals surface area contributed by atoms with E-state index < -0.39 is 10.0 Å². The molecule has 1 unspecified atom stereocenters. The lowest BCUT2D eigenvalue weighted by atomic mass is 10.00. The summed E-state index contributed by atoms with van der Waals surface area (Å²) in [6, 6.07) is 11.0. The molecule has 0 radical (unpaired) electrons. The first-order valence-corrected chi connectivity index (χ1v) is 9.54. The van der Waals surface area contributed by atoms with Crippen LogP contribution in [0.5, 0.6) is 5.75 Å². The summed E-state index contributed by atoms with van der Waals surface area (Å²) in [6.45, 7) is 0.440. The monoisotopic (exact) mass is 380 g/mol. The molecule has 0 aromatic heterocycles. The van der Waals surface area contributed by atoms with Crippen LogP contribution in [-0.4, -0.2) is 28.0 Å². The van der Waals surface area contributed by atoms with Crippen LogP contribution in [-0.2, 0) is 10.0 Å². The Morgan fingerprint density at radius 3 is 2.76 bits per heavy atom. The third-order valence-electron chi connectivity index (χ3n) is 4.01. The van der Waals surface area contributed by atoms with Gasteiger partial charge in [-0.2, -0.15) is 0 Å². The Bertz CT molecular complexity index is 915. The van der Waals surface area contributed by atoms with Gasteiger partial charge in [-0.05, 0) is 31.3 Å². The first kappa shape index (κ1) is 17.7. The number of ether oxygens (including phenoxy) is 1. The Morgan fingerprint density at radius 1 is 1.24 bits per heavy atom. The van der Waals surface area contributed by atoms with Crippen molar-refractivity contribution in [2.75, 3.05) is 13.7 Å². The molecule has 1 aliphatic heterocycles. The molecule has 1 atom stereocenters. The van der Waals surface area contributed by atoms with E-state index in [0.29, 0.717) is 23.8 Å². The molecule has 2 aromatic carbocycles. The highest BCUT2D eigenvalue weighted by Crippen LogP contribution is 2.37. The van der Waals surface area contributed by atoms with Gasteiger partial charge in [-0.3, -0.25) is 4.79 Å². The van der Waals surface area contributed by atoms with Gasteiger partial charge in [-0.25, -0.2) is 13.1 Å². The molecule has 1 aliphatic rings. The average Bonchev–Trinajstić information content (AvgIpc) is 2.62. The fourth-order valence-corrected chi connectivity index (χ4v) is 3.71. The third kappa shape index (κ3) is 3.63. The molecule has 0 aliphatic carbocycles. The van der Waals surface area contributed by atoms with Gasteiger partial charge in [0.2, 0.25) is 10.0 Å². The molecule has 25 heavy (non-hydrogen) atoms. The Morgan fingerprint density at radius 2 is 2.00 bits per heavy atom. The van der Waals surface area contributed by atoms with E-state index in [1.807, 2.05) is 6.07 Å². The molecule has 0 saturated heterocycles. The van der Waals surface area contributed by atoms with Crippen LogP contribution in [0.3, 0.4) is 0 Å². The van der Waals surface area contributed by atoms with E-state index in [4.69, 9.17) is 16.3 Å². The van der Waals surface area contributed by atoms with Crippen LogP contribution in [0, 0.1) is 0 Å². The number of para-hydroxylation sites is 1. The van der Waals surface area contributed by atoms with Gasteiger partial charge in [-0.1, -0.05) is 29.8 Å². The van der Waals surface area contributed by atoms with Gasteiger partial charge in [0.25, 0.3) is 5.91 Å². The summed E-state index contributed by atoms with van der Waals surface area (Å²) in [7, 11) is -2.28. The van der Waals surface area contributed by atoms with Gasteiger partial charge in [0.05, 0.1) is 22.6 Å². The smallest absolute Gasteiger partial charge is 0.251 e. The molecule has 0 spiro atoms. The summed E-state index contributed by atoms with van der Waals surface area (Å²) < 4.78 is 31.6. The average molecular weight is 381 g/mol. The molecule has 1 heterocycles. The Kier molecular flexibility index (Phi) is 4.99. The number of fused-ring (bicyclic) bond motifs is 1. The zero-order valence-electron chi connectivity index (χ0n) is 13.5. The zero-order valence-corrected chi connectivity index (χ0v) is 15.0. The summed E-state index contributed by atoms with van der Waals surface area (Å²) in [4.78, 5) is 12.6. The minimum absolute atomic E-state index is 0.0399. The van der Waals surface area contributed by atoms with Gasteiger partial charge < -0.3 is 10.1 Å². The lowest BCUT2D eigenvalue weighted by molar-refractivity contribution is 0.0924. The van der Waals surface area contributed by atoms with E-state index >= 15 is 0 Å². The van der Waals surface area contributed by atoms with Crippen LogP contribution < -0.4 is 14.8 Å². The number of halogens is 1. The van der Waals surface area contributed by atoms with Gasteiger partial charge in [-0.15, -0.1) is 0 Å². The molecular weight excluding hydrogens is 364 g/mol. The predicted octanol–water partition coefficient (Wildman–Crippen LogP) is 2.50. The second-order valence-electron chi connectivity index (χ2n) is 5.56. The quantitative estimate of drug-likeness (QED) is 0.853. The highest BCUT2D eigenvalue weighted by Gasteiger charge is 2.25. The SMILES string of the molecule is CNS(=O)(=O)c1cccc(C(=O)NC2CCOc3c(Cl)cccc32)c1. The van der Waals surface area contributed by atoms with Crippen molar-refractivity contribution in [2.45, 2.75) is 17.4 Å². The van der Waals surface area contributed by atoms with E-state index in [9.17, 15) is 13.2 Å². The molecule has 0 bridgehead atoms. The number of rotatable bonds is 4. The van der Waals surface area contributed by atoms with Gasteiger partial charge >= 0.3 is 0 Å². The van der Waals surface area contributed by atoms with Crippen LogP contribution in [0.1, 0.15) is 28.4 Å². The molecule has 3 rings (SSSR count). The summed E-state index contributed by atoms with van der Waals surface area (Å²) in [6.07, 6.45) is 0.605. The topological polar surface area (TPSA) is 84.5 Å². The number of sulfonamides is 1. The van der Waals surface area contributed by atoms with E-state index in [1.165, 1.54) is 25.2 Å². The number of hydrogen-bond acceptors (Lipinski definition) is 4. The number of amides is 1.